The summed E-state index contributed by atoms with van der Waals surface area (Å²) in [4.78, 5) is 4.12. The van der Waals surface area contributed by atoms with Crippen LogP contribution in [0, 0.1) is 0 Å². The molecule has 1 fully saturated rings. The second-order valence-corrected chi connectivity index (χ2v) is 8.86. The summed E-state index contributed by atoms with van der Waals surface area (Å²) in [6.07, 6.45) is 7.44. The lowest BCUT2D eigenvalue weighted by atomic mass is 10.0. The molecule has 0 amide bonds. The highest BCUT2D eigenvalue weighted by Crippen LogP contribution is 2.31. The van der Waals surface area contributed by atoms with Gasteiger partial charge in [0.15, 0.2) is 5.79 Å². The Morgan fingerprint density at radius 1 is 1.39 bits per heavy atom. The van der Waals surface area contributed by atoms with Crippen molar-refractivity contribution in [3.8, 4) is 0 Å². The maximum Gasteiger partial charge on any atom is 0.303 e. The van der Waals surface area contributed by atoms with Crippen molar-refractivity contribution in [2.45, 2.75) is 31.3 Å². The summed E-state index contributed by atoms with van der Waals surface area (Å²) in [5, 5.41) is 0.763. The first-order chi connectivity index (χ1) is 11.2. The third-order valence-corrected chi connectivity index (χ3v) is 5.91. The Labute approximate surface area is 153 Å². The third kappa shape index (κ3) is 4.76. The van der Waals surface area contributed by atoms with Gasteiger partial charge in [-0.25, -0.2) is 4.98 Å². The van der Waals surface area contributed by atoms with Crippen LogP contribution in [0.2, 0.25) is 5.02 Å². The van der Waals surface area contributed by atoms with Gasteiger partial charge in [-0.05, 0) is 24.1 Å². The maximum atomic E-state index is 6.31. The lowest BCUT2D eigenvalue weighted by molar-refractivity contribution is -0.180. The molecule has 0 unspecified atom stereocenters. The molecule has 0 spiro atoms. The number of halogens is 1. The minimum absolute atomic E-state index is 0.186. The number of aryl methyl sites for hydroxylation is 1. The molecule has 2 aromatic rings. The van der Waals surface area contributed by atoms with Gasteiger partial charge in [0.1, 0.15) is 0 Å². The molecule has 0 bridgehead atoms. The fourth-order valence-electron chi connectivity index (χ4n) is 2.82. The second-order valence-electron chi connectivity index (χ2n) is 5.78. The first-order valence-corrected chi connectivity index (χ1v) is 11.9. The van der Waals surface area contributed by atoms with Crippen LogP contribution in [-0.2, 0) is 22.4 Å². The Balaban J connectivity index is 1.69. The molecule has 4 nitrogen and oxygen atoms in total. The van der Waals surface area contributed by atoms with E-state index < -0.39 is 5.79 Å². The van der Waals surface area contributed by atoms with Crippen LogP contribution in [0.5, 0.6) is 0 Å². The summed E-state index contributed by atoms with van der Waals surface area (Å²) in [6, 6.07) is 7.98. The zero-order chi connectivity index (χ0) is 16.1. The van der Waals surface area contributed by atoms with E-state index in [1.54, 1.807) is 6.20 Å². The molecule has 0 N–H and O–H groups in total. The van der Waals surface area contributed by atoms with Crippen molar-refractivity contribution < 1.29 is 9.47 Å². The van der Waals surface area contributed by atoms with Gasteiger partial charge in [-0.1, -0.05) is 23.7 Å². The van der Waals surface area contributed by atoms with E-state index in [2.05, 4.69) is 17.1 Å². The van der Waals surface area contributed by atoms with Crippen LogP contribution in [0.25, 0.3) is 0 Å². The summed E-state index contributed by atoms with van der Waals surface area (Å²) in [5.41, 5.74) is 1.24. The highest BCUT2D eigenvalue weighted by atomic mass is 35.5. The molecule has 0 radical (unpaired) electrons. The van der Waals surface area contributed by atoms with E-state index in [4.69, 9.17) is 21.1 Å². The predicted molar refractivity (Wildman–Crippen MR) is 96.6 cm³/mol. The van der Waals surface area contributed by atoms with E-state index >= 15 is 0 Å². The number of hydrogen-bond acceptors (Lipinski definition) is 4. The van der Waals surface area contributed by atoms with Gasteiger partial charge in [-0.3, -0.25) is 10.1 Å². The minimum atomic E-state index is -0.567. The van der Waals surface area contributed by atoms with Crippen LogP contribution in [0.3, 0.4) is 0 Å². The number of rotatable bonds is 7. The zero-order valence-corrected chi connectivity index (χ0v) is 16.7. The Hall–Kier alpha value is -0.478. The number of nitrogens with zero attached hydrogens (tertiary/aromatic N) is 2. The standard InChI is InChI=1S/C16H19ClN2O2S.Al.2H/c17-14-3-1-13(2-4-14)5-6-16(11-19-8-7-18-12-19)20-9-15(10-22)21-16;;;/h1-4,7-8,12,15,22H,5-6,9-11H2;;;/q;+1;;/p-1/t15-,16+;;;/m0.../s1. The van der Waals surface area contributed by atoms with Crippen molar-refractivity contribution in [3.05, 3.63) is 53.6 Å². The van der Waals surface area contributed by atoms with E-state index in [1.165, 1.54) is 5.56 Å². The monoisotopic (exact) mass is 366 g/mol. The minimum Gasteiger partial charge on any atom is -0.345 e. The van der Waals surface area contributed by atoms with Crippen LogP contribution in [0.4, 0.5) is 0 Å². The van der Waals surface area contributed by atoms with Crippen LogP contribution in [0.15, 0.2) is 43.0 Å². The van der Waals surface area contributed by atoms with Gasteiger partial charge in [-0.2, -0.15) is 0 Å². The summed E-state index contributed by atoms with van der Waals surface area (Å²) >= 11 is 7.08. The van der Waals surface area contributed by atoms with Gasteiger partial charge < -0.3 is 14.0 Å². The molecule has 1 aromatic carbocycles. The van der Waals surface area contributed by atoms with Gasteiger partial charge >= 0.3 is 15.2 Å². The maximum absolute atomic E-state index is 6.31. The van der Waals surface area contributed by atoms with Crippen molar-refractivity contribution in [1.82, 2.24) is 9.55 Å². The lowest BCUT2D eigenvalue weighted by Gasteiger charge is -2.28. The molecule has 3 rings (SSSR count). The van der Waals surface area contributed by atoms with Crippen molar-refractivity contribution in [2.24, 2.45) is 0 Å². The van der Waals surface area contributed by atoms with Gasteiger partial charge in [0.25, 0.3) is 0 Å². The van der Waals surface area contributed by atoms with E-state index in [0.29, 0.717) is 13.2 Å². The number of benzene rings is 1. The van der Waals surface area contributed by atoms with Crippen LogP contribution >= 0.6 is 21.7 Å². The summed E-state index contributed by atoms with van der Waals surface area (Å²) < 4.78 is 14.5. The second kappa shape index (κ2) is 8.07. The molecule has 1 saturated heterocycles. The zero-order valence-electron chi connectivity index (χ0n) is 13.2. The lowest BCUT2D eigenvalue weighted by Crippen LogP contribution is -2.37. The van der Waals surface area contributed by atoms with Crippen molar-refractivity contribution in [2.75, 3.05) is 12.4 Å². The number of ether oxygens (including phenoxy) is 2. The fraction of sp³-hybridized carbons (Fsp3) is 0.438. The molecule has 23 heavy (non-hydrogen) atoms. The van der Waals surface area contributed by atoms with E-state index in [1.807, 2.05) is 39.4 Å². The molecular weight excluding hydrogens is 347 g/mol. The van der Waals surface area contributed by atoms with Crippen molar-refractivity contribution in [3.63, 3.8) is 0 Å². The average Bonchev–Trinajstić information content (AvgIpc) is 3.18. The Bertz CT molecular complexity index is 611. The smallest absolute Gasteiger partial charge is 0.303 e. The molecule has 0 saturated carbocycles. The topological polar surface area (TPSA) is 36.3 Å². The molecule has 2 heterocycles. The largest absolute Gasteiger partial charge is 0.345 e. The van der Waals surface area contributed by atoms with Crippen LogP contribution < -0.4 is 0 Å². The number of hydrogen-bond donors (Lipinski definition) is 0. The SMILES string of the molecule is [AlH2][S]C[C@@H]1CO[C@@](CCc2ccc(Cl)cc2)(Cn2ccnc2)O1. The predicted octanol–water partition coefficient (Wildman–Crippen LogP) is 2.56. The third-order valence-electron chi connectivity index (χ3n) is 3.96. The fourth-order valence-corrected chi connectivity index (χ4v) is 4.60. The molecule has 1 aromatic heterocycles. The Kier molecular flexibility index (Phi) is 6.08. The first-order valence-electron chi connectivity index (χ1n) is 7.70. The molecular formula is C16H20AlClN2O2S. The Morgan fingerprint density at radius 3 is 2.91 bits per heavy atom. The summed E-state index contributed by atoms with van der Waals surface area (Å²) in [6.45, 7) is 1.34. The molecule has 1 aliphatic rings. The molecule has 122 valence electrons. The van der Waals surface area contributed by atoms with Gasteiger partial charge in [0.05, 0.1) is 25.6 Å². The number of aromatic nitrogens is 2. The first kappa shape index (κ1) is 17.3. The summed E-state index contributed by atoms with van der Waals surface area (Å²) in [7, 11) is 1.92. The van der Waals surface area contributed by atoms with Crippen LogP contribution in [0.1, 0.15) is 12.0 Å². The summed E-state index contributed by atoms with van der Waals surface area (Å²) in [5.74, 6) is 0.446. The molecule has 1 aliphatic heterocycles. The quantitative estimate of drug-likeness (QED) is 0.706. The number of imidazole rings is 1. The van der Waals surface area contributed by atoms with Gasteiger partial charge in [0, 0.05) is 29.6 Å². The molecule has 2 atom stereocenters. The average molecular weight is 367 g/mol. The van der Waals surface area contributed by atoms with Gasteiger partial charge in [-0.15, -0.1) is 0 Å². The highest BCUT2D eigenvalue weighted by molar-refractivity contribution is 8.19. The highest BCUT2D eigenvalue weighted by Gasteiger charge is 2.41. The van der Waals surface area contributed by atoms with E-state index in [9.17, 15) is 0 Å². The Morgan fingerprint density at radius 2 is 2.22 bits per heavy atom. The van der Waals surface area contributed by atoms with Crippen LogP contribution in [-0.4, -0.2) is 49.0 Å². The van der Waals surface area contributed by atoms with Crippen molar-refractivity contribution >= 4 is 36.9 Å². The molecule has 0 aliphatic carbocycles. The van der Waals surface area contributed by atoms with E-state index in [0.717, 1.165) is 38.8 Å². The van der Waals surface area contributed by atoms with Crippen molar-refractivity contribution in [1.29, 1.82) is 0 Å². The van der Waals surface area contributed by atoms with Gasteiger partial charge in [0.2, 0.25) is 0 Å². The normalized spacial score (nSPS) is 24.1. The molecule has 7 heteroatoms. The van der Waals surface area contributed by atoms with E-state index in [-0.39, 0.29) is 6.10 Å².